The summed E-state index contributed by atoms with van der Waals surface area (Å²) < 4.78 is 12.2. The van der Waals surface area contributed by atoms with Crippen molar-refractivity contribution in [2.24, 2.45) is 0 Å². The van der Waals surface area contributed by atoms with E-state index in [0.717, 1.165) is 11.0 Å². The lowest BCUT2D eigenvalue weighted by atomic mass is 10.1. The van der Waals surface area contributed by atoms with Crippen molar-refractivity contribution in [3.8, 4) is 11.5 Å². The van der Waals surface area contributed by atoms with Crippen molar-refractivity contribution < 1.29 is 14.3 Å². The number of aryl methyl sites for hydroxylation is 1. The number of imidazole rings is 1. The molecule has 0 fully saturated rings. The van der Waals surface area contributed by atoms with Gasteiger partial charge in [-0.25, -0.2) is 4.98 Å². The number of carbonyl (C=O) groups is 1. The van der Waals surface area contributed by atoms with E-state index in [4.69, 9.17) is 9.47 Å². The highest BCUT2D eigenvalue weighted by Gasteiger charge is 2.23. The second-order valence-corrected chi connectivity index (χ2v) is 4.83. The number of hydrogen-bond acceptors (Lipinski definition) is 4. The van der Waals surface area contributed by atoms with Crippen LogP contribution in [0.3, 0.4) is 0 Å². The molecule has 5 nitrogen and oxygen atoms in total. The van der Waals surface area contributed by atoms with Crippen LogP contribution in [0.5, 0.6) is 11.5 Å². The fourth-order valence-electron chi connectivity index (χ4n) is 2.58. The van der Waals surface area contributed by atoms with Gasteiger partial charge in [0.15, 0.2) is 0 Å². The summed E-state index contributed by atoms with van der Waals surface area (Å²) in [7, 11) is 3.06. The number of methoxy groups -OCH3 is 2. The van der Waals surface area contributed by atoms with Gasteiger partial charge in [0.05, 0.1) is 25.3 Å². The van der Waals surface area contributed by atoms with Gasteiger partial charge in [-0.15, -0.1) is 0 Å². The largest absolute Gasteiger partial charge is 0.496 e. The van der Waals surface area contributed by atoms with Crippen LogP contribution in [0.2, 0.25) is 0 Å². The Bertz CT molecular complexity index is 830. The van der Waals surface area contributed by atoms with Gasteiger partial charge in [0.2, 0.25) is 0 Å². The average Bonchev–Trinajstić information content (AvgIpc) is 2.89. The van der Waals surface area contributed by atoms with E-state index in [9.17, 15) is 4.79 Å². The predicted octanol–water partition coefficient (Wildman–Crippen LogP) is 3.05. The maximum atomic E-state index is 13.1. The number of hydrogen-bond donors (Lipinski definition) is 0. The third-order valence-electron chi connectivity index (χ3n) is 3.57. The number of nitrogens with zero attached hydrogens (tertiary/aromatic N) is 2. The fraction of sp³-hybridized carbons (Fsp3) is 0.176. The SMILES string of the molecule is COc1cccc(OC)c1C(=O)n1c(C)nc2ccccc21. The quantitative estimate of drug-likeness (QED) is 0.745. The molecule has 3 aromatic rings. The molecule has 5 heteroatoms. The van der Waals surface area contributed by atoms with Crippen molar-refractivity contribution in [3.63, 3.8) is 0 Å². The van der Waals surface area contributed by atoms with E-state index in [-0.39, 0.29) is 5.91 Å². The summed E-state index contributed by atoms with van der Waals surface area (Å²) in [4.78, 5) is 17.5. The third-order valence-corrected chi connectivity index (χ3v) is 3.57. The number of fused-ring (bicyclic) bond motifs is 1. The second kappa shape index (κ2) is 5.52. The molecule has 0 bridgehead atoms. The van der Waals surface area contributed by atoms with E-state index in [1.807, 2.05) is 24.3 Å². The summed E-state index contributed by atoms with van der Waals surface area (Å²) in [6.07, 6.45) is 0. The number of benzene rings is 2. The molecule has 22 heavy (non-hydrogen) atoms. The monoisotopic (exact) mass is 296 g/mol. The molecule has 0 N–H and O–H groups in total. The Morgan fingerprint density at radius 3 is 2.27 bits per heavy atom. The van der Waals surface area contributed by atoms with Crippen LogP contribution < -0.4 is 9.47 Å². The van der Waals surface area contributed by atoms with Crippen LogP contribution in [0.4, 0.5) is 0 Å². The molecule has 3 rings (SSSR count). The topological polar surface area (TPSA) is 53.4 Å². The molecule has 1 heterocycles. The van der Waals surface area contributed by atoms with Crippen LogP contribution in [0.25, 0.3) is 11.0 Å². The minimum atomic E-state index is -0.222. The normalized spacial score (nSPS) is 10.7. The van der Waals surface area contributed by atoms with Crippen molar-refractivity contribution in [1.29, 1.82) is 0 Å². The summed E-state index contributed by atoms with van der Waals surface area (Å²) in [6.45, 7) is 1.81. The highest BCUT2D eigenvalue weighted by molar-refractivity contribution is 6.05. The van der Waals surface area contributed by atoms with E-state index in [1.54, 1.807) is 29.7 Å². The van der Waals surface area contributed by atoms with Gasteiger partial charge in [-0.3, -0.25) is 9.36 Å². The van der Waals surface area contributed by atoms with Gasteiger partial charge < -0.3 is 9.47 Å². The molecule has 0 amide bonds. The zero-order chi connectivity index (χ0) is 15.7. The standard InChI is InChI=1S/C17H16N2O3/c1-11-18-12-7-4-5-8-13(12)19(11)17(20)16-14(21-2)9-6-10-15(16)22-3/h4-10H,1-3H3. The predicted molar refractivity (Wildman–Crippen MR) is 83.7 cm³/mol. The van der Waals surface area contributed by atoms with E-state index in [2.05, 4.69) is 4.98 Å². The smallest absolute Gasteiger partial charge is 0.271 e. The first-order valence-corrected chi connectivity index (χ1v) is 6.87. The average molecular weight is 296 g/mol. The summed E-state index contributed by atoms with van der Waals surface area (Å²) in [5, 5.41) is 0. The van der Waals surface area contributed by atoms with E-state index < -0.39 is 0 Å². The number of ether oxygens (including phenoxy) is 2. The van der Waals surface area contributed by atoms with Gasteiger partial charge in [0.25, 0.3) is 5.91 Å². The zero-order valence-corrected chi connectivity index (χ0v) is 12.7. The molecule has 0 spiro atoms. The Morgan fingerprint density at radius 1 is 1.00 bits per heavy atom. The number of carbonyl (C=O) groups excluding carboxylic acids is 1. The van der Waals surface area contributed by atoms with Crippen molar-refractivity contribution in [3.05, 3.63) is 53.9 Å². The Kier molecular flexibility index (Phi) is 3.55. The molecule has 0 unspecified atom stereocenters. The second-order valence-electron chi connectivity index (χ2n) is 4.83. The maximum Gasteiger partial charge on any atom is 0.271 e. The molecule has 112 valence electrons. The van der Waals surface area contributed by atoms with Gasteiger partial charge in [0, 0.05) is 0 Å². The minimum absolute atomic E-state index is 0.222. The highest BCUT2D eigenvalue weighted by atomic mass is 16.5. The van der Waals surface area contributed by atoms with Gasteiger partial charge in [0.1, 0.15) is 22.9 Å². The molecule has 0 aliphatic heterocycles. The lowest BCUT2D eigenvalue weighted by Gasteiger charge is -2.13. The minimum Gasteiger partial charge on any atom is -0.496 e. The van der Waals surface area contributed by atoms with E-state index >= 15 is 0 Å². The first-order chi connectivity index (χ1) is 10.7. The first kappa shape index (κ1) is 14.1. The van der Waals surface area contributed by atoms with Crippen LogP contribution in [-0.4, -0.2) is 29.7 Å². The van der Waals surface area contributed by atoms with Crippen LogP contribution in [0.1, 0.15) is 16.2 Å². The lowest BCUT2D eigenvalue weighted by molar-refractivity contribution is 0.0956. The van der Waals surface area contributed by atoms with Crippen LogP contribution >= 0.6 is 0 Å². The van der Waals surface area contributed by atoms with E-state index in [0.29, 0.717) is 22.9 Å². The van der Waals surface area contributed by atoms with Gasteiger partial charge in [-0.1, -0.05) is 18.2 Å². The maximum absolute atomic E-state index is 13.1. The molecule has 1 aromatic heterocycles. The highest BCUT2D eigenvalue weighted by Crippen LogP contribution is 2.30. The fourth-order valence-corrected chi connectivity index (χ4v) is 2.58. The van der Waals surface area contributed by atoms with Gasteiger partial charge >= 0.3 is 0 Å². The van der Waals surface area contributed by atoms with Crippen molar-refractivity contribution in [2.75, 3.05) is 14.2 Å². The van der Waals surface area contributed by atoms with Crippen LogP contribution in [0, 0.1) is 6.92 Å². The number of aromatic nitrogens is 2. The Balaban J connectivity index is 2.25. The molecule has 0 aliphatic carbocycles. The summed E-state index contributed by atoms with van der Waals surface area (Å²) >= 11 is 0. The van der Waals surface area contributed by atoms with E-state index in [1.165, 1.54) is 14.2 Å². The molecule has 2 aromatic carbocycles. The first-order valence-electron chi connectivity index (χ1n) is 6.87. The summed E-state index contributed by atoms with van der Waals surface area (Å²) in [6, 6.07) is 12.8. The molecule has 0 atom stereocenters. The Morgan fingerprint density at radius 2 is 1.64 bits per heavy atom. The number of para-hydroxylation sites is 2. The van der Waals surface area contributed by atoms with Crippen molar-refractivity contribution in [1.82, 2.24) is 9.55 Å². The van der Waals surface area contributed by atoms with Crippen LogP contribution in [0.15, 0.2) is 42.5 Å². The Labute approximate surface area is 128 Å². The molecule has 0 saturated carbocycles. The lowest BCUT2D eigenvalue weighted by Crippen LogP contribution is -2.16. The third kappa shape index (κ3) is 2.11. The van der Waals surface area contributed by atoms with Crippen molar-refractivity contribution in [2.45, 2.75) is 6.92 Å². The molecule has 0 aliphatic rings. The van der Waals surface area contributed by atoms with Gasteiger partial charge in [-0.05, 0) is 31.2 Å². The molecule has 0 saturated heterocycles. The molecule has 0 radical (unpaired) electrons. The zero-order valence-electron chi connectivity index (χ0n) is 12.7. The summed E-state index contributed by atoms with van der Waals surface area (Å²) in [5.74, 6) is 1.35. The van der Waals surface area contributed by atoms with Crippen LogP contribution in [-0.2, 0) is 0 Å². The Hall–Kier alpha value is -2.82. The summed E-state index contributed by atoms with van der Waals surface area (Å²) in [5.41, 5.74) is 1.93. The van der Waals surface area contributed by atoms with Gasteiger partial charge in [-0.2, -0.15) is 0 Å². The molecular weight excluding hydrogens is 280 g/mol. The van der Waals surface area contributed by atoms with Crippen molar-refractivity contribution >= 4 is 16.9 Å². The molecular formula is C17H16N2O3. The number of rotatable bonds is 3.